The van der Waals surface area contributed by atoms with E-state index in [1.165, 1.54) is 0 Å². The standard InChI is InChI=1S/C26H49NO8/c1-15-12-19(32-7)10-9-11-27(6)17(3)23(29)20(28)14-34-25(31)16(2)22(15)21-13-26(5,33-8)24(30)18(4)35-21/h15-24,28-30H,9-14H2,1-8H3/t15-,16-,17-,18+,19+,20-,21?,22+,23-,24+,26-/m1/s1. The Balaban J connectivity index is 2.35. The van der Waals surface area contributed by atoms with E-state index >= 15 is 0 Å². The number of methoxy groups -OCH3 is 2. The van der Waals surface area contributed by atoms with Crippen LogP contribution in [0.5, 0.6) is 0 Å². The molecule has 0 aliphatic carbocycles. The Morgan fingerprint density at radius 1 is 1.11 bits per heavy atom. The lowest BCUT2D eigenvalue weighted by Gasteiger charge is -2.48. The number of aliphatic hydroxyl groups excluding tert-OH is 3. The Labute approximate surface area is 211 Å². The van der Waals surface area contributed by atoms with Crippen LogP contribution in [0.25, 0.3) is 0 Å². The van der Waals surface area contributed by atoms with Crippen molar-refractivity contribution in [2.24, 2.45) is 17.8 Å². The van der Waals surface area contributed by atoms with Crippen LogP contribution in [-0.4, -0.2) is 109 Å². The monoisotopic (exact) mass is 503 g/mol. The molecule has 0 spiro atoms. The number of rotatable bonds is 3. The van der Waals surface area contributed by atoms with Gasteiger partial charge in [0.15, 0.2) is 0 Å². The summed E-state index contributed by atoms with van der Waals surface area (Å²) >= 11 is 0. The number of hydrogen-bond donors (Lipinski definition) is 3. The number of hydrogen-bond acceptors (Lipinski definition) is 9. The van der Waals surface area contributed by atoms with Crippen molar-refractivity contribution in [2.45, 2.75) is 109 Å². The van der Waals surface area contributed by atoms with Crippen LogP contribution in [0.15, 0.2) is 0 Å². The van der Waals surface area contributed by atoms with E-state index < -0.39 is 41.9 Å². The number of esters is 1. The fourth-order valence-corrected chi connectivity index (χ4v) is 5.84. The van der Waals surface area contributed by atoms with Gasteiger partial charge in [-0.2, -0.15) is 0 Å². The van der Waals surface area contributed by atoms with Crippen LogP contribution in [0.1, 0.15) is 60.3 Å². The molecule has 2 fully saturated rings. The van der Waals surface area contributed by atoms with Crippen LogP contribution >= 0.6 is 0 Å². The molecule has 2 aliphatic rings. The summed E-state index contributed by atoms with van der Waals surface area (Å²) in [6.07, 6.45) is -0.947. The third-order valence-corrected chi connectivity index (χ3v) is 8.55. The first-order valence-electron chi connectivity index (χ1n) is 13.0. The number of ether oxygens (including phenoxy) is 4. The van der Waals surface area contributed by atoms with Gasteiger partial charge in [0.1, 0.15) is 18.8 Å². The molecule has 11 atom stereocenters. The van der Waals surface area contributed by atoms with E-state index in [1.807, 2.05) is 39.6 Å². The lowest BCUT2D eigenvalue weighted by molar-refractivity contribution is -0.232. The van der Waals surface area contributed by atoms with Crippen molar-refractivity contribution < 1.29 is 39.1 Å². The molecule has 2 rings (SSSR count). The van der Waals surface area contributed by atoms with Crippen molar-refractivity contribution in [1.29, 1.82) is 0 Å². The number of likely N-dealkylation sites (N-methyl/N-ethyl adjacent to an activating group) is 1. The Morgan fingerprint density at radius 3 is 2.37 bits per heavy atom. The first-order chi connectivity index (χ1) is 16.4. The molecular weight excluding hydrogens is 454 g/mol. The van der Waals surface area contributed by atoms with Crippen molar-refractivity contribution in [2.75, 3.05) is 34.4 Å². The number of carbonyl (C=O) groups is 1. The van der Waals surface area contributed by atoms with E-state index in [0.29, 0.717) is 6.42 Å². The van der Waals surface area contributed by atoms with Crippen LogP contribution in [0.2, 0.25) is 0 Å². The van der Waals surface area contributed by atoms with E-state index in [2.05, 4.69) is 6.92 Å². The van der Waals surface area contributed by atoms with Gasteiger partial charge in [0.05, 0.1) is 35.9 Å². The highest BCUT2D eigenvalue weighted by Gasteiger charge is 2.49. The molecule has 0 amide bonds. The van der Waals surface area contributed by atoms with E-state index in [9.17, 15) is 20.1 Å². The van der Waals surface area contributed by atoms with Crippen LogP contribution in [0.4, 0.5) is 0 Å². The molecule has 9 heteroatoms. The van der Waals surface area contributed by atoms with Gasteiger partial charge in [0.25, 0.3) is 0 Å². The maximum Gasteiger partial charge on any atom is 0.309 e. The molecule has 3 N–H and O–H groups in total. The maximum atomic E-state index is 13.2. The van der Waals surface area contributed by atoms with Gasteiger partial charge in [-0.05, 0) is 59.5 Å². The van der Waals surface area contributed by atoms with Crippen molar-refractivity contribution >= 4 is 5.97 Å². The SMILES string of the molecule is CO[C@H]1CCCN(C)[C@H](C)[C@@H](O)[C@H](O)COC(=O)[C@H](C)[C@@H](C2C[C@@](C)(OC)[C@@H](O)[C@H](C)O2)[C@H](C)C1. The second-order valence-corrected chi connectivity index (χ2v) is 11.0. The largest absolute Gasteiger partial charge is 0.463 e. The summed E-state index contributed by atoms with van der Waals surface area (Å²) in [5, 5.41) is 31.8. The lowest BCUT2D eigenvalue weighted by Crippen LogP contribution is -2.58. The molecule has 206 valence electrons. The van der Waals surface area contributed by atoms with Crippen molar-refractivity contribution in [3.05, 3.63) is 0 Å². The van der Waals surface area contributed by atoms with Gasteiger partial charge in [-0.25, -0.2) is 0 Å². The number of carbonyl (C=O) groups excluding carboxylic acids is 1. The second-order valence-electron chi connectivity index (χ2n) is 11.0. The molecule has 35 heavy (non-hydrogen) atoms. The molecule has 0 radical (unpaired) electrons. The zero-order valence-corrected chi connectivity index (χ0v) is 22.8. The zero-order valence-electron chi connectivity index (χ0n) is 22.8. The average molecular weight is 504 g/mol. The van der Waals surface area contributed by atoms with Crippen molar-refractivity contribution in [3.8, 4) is 0 Å². The molecule has 0 bridgehead atoms. The normalized spacial score (nSPS) is 45.9. The van der Waals surface area contributed by atoms with Crippen molar-refractivity contribution in [1.82, 2.24) is 4.90 Å². The topological polar surface area (TPSA) is 118 Å². The summed E-state index contributed by atoms with van der Waals surface area (Å²) in [4.78, 5) is 15.2. The van der Waals surface area contributed by atoms with E-state index in [-0.39, 0.29) is 36.7 Å². The Bertz CT molecular complexity index is 665. The summed E-state index contributed by atoms with van der Waals surface area (Å²) < 4.78 is 23.3. The maximum absolute atomic E-state index is 13.2. The van der Waals surface area contributed by atoms with Gasteiger partial charge in [0, 0.05) is 32.6 Å². The summed E-state index contributed by atoms with van der Waals surface area (Å²) in [5.41, 5.74) is -0.801. The second kappa shape index (κ2) is 13.1. The van der Waals surface area contributed by atoms with Gasteiger partial charge < -0.3 is 39.2 Å². The lowest BCUT2D eigenvalue weighted by atomic mass is 9.71. The van der Waals surface area contributed by atoms with E-state index in [1.54, 1.807) is 14.2 Å². The predicted octanol–water partition coefficient (Wildman–Crippen LogP) is 1.60. The van der Waals surface area contributed by atoms with Gasteiger partial charge in [-0.1, -0.05) is 13.8 Å². The Kier molecular flexibility index (Phi) is 11.4. The van der Waals surface area contributed by atoms with Crippen LogP contribution in [0.3, 0.4) is 0 Å². The summed E-state index contributed by atoms with van der Waals surface area (Å²) in [5.74, 6) is -1.16. The van der Waals surface area contributed by atoms with Gasteiger partial charge in [-0.15, -0.1) is 0 Å². The zero-order chi connectivity index (χ0) is 26.5. The molecule has 2 heterocycles. The first-order valence-corrected chi connectivity index (χ1v) is 13.0. The third-order valence-electron chi connectivity index (χ3n) is 8.55. The molecule has 2 aliphatic heterocycles. The molecule has 2 saturated heterocycles. The summed E-state index contributed by atoms with van der Waals surface area (Å²) in [6.45, 7) is 9.94. The fraction of sp³-hybridized carbons (Fsp3) is 0.962. The molecule has 0 saturated carbocycles. The minimum atomic E-state index is -1.19. The van der Waals surface area contributed by atoms with Gasteiger partial charge in [-0.3, -0.25) is 4.79 Å². The third kappa shape index (κ3) is 7.37. The van der Waals surface area contributed by atoms with Crippen LogP contribution < -0.4 is 0 Å². The van der Waals surface area contributed by atoms with Gasteiger partial charge >= 0.3 is 5.97 Å². The molecule has 0 aromatic rings. The van der Waals surface area contributed by atoms with Crippen molar-refractivity contribution in [3.63, 3.8) is 0 Å². The van der Waals surface area contributed by atoms with E-state index in [4.69, 9.17) is 18.9 Å². The fourth-order valence-electron chi connectivity index (χ4n) is 5.84. The Hall–Kier alpha value is -0.810. The predicted molar refractivity (Wildman–Crippen MR) is 132 cm³/mol. The number of cyclic esters (lactones) is 1. The summed E-state index contributed by atoms with van der Waals surface area (Å²) in [6, 6.07) is -0.297. The molecule has 0 aromatic heterocycles. The van der Waals surface area contributed by atoms with Gasteiger partial charge in [0.2, 0.25) is 0 Å². The summed E-state index contributed by atoms with van der Waals surface area (Å²) in [7, 11) is 5.21. The minimum Gasteiger partial charge on any atom is -0.463 e. The molecular formula is C26H49NO8. The molecule has 9 nitrogen and oxygen atoms in total. The van der Waals surface area contributed by atoms with E-state index in [0.717, 1.165) is 25.8 Å². The molecule has 1 unspecified atom stereocenters. The Morgan fingerprint density at radius 2 is 1.77 bits per heavy atom. The average Bonchev–Trinajstić information content (AvgIpc) is 2.83. The van der Waals surface area contributed by atoms with Crippen LogP contribution in [-0.2, 0) is 23.7 Å². The minimum absolute atomic E-state index is 0.000446. The number of aliphatic hydroxyl groups is 3. The quantitative estimate of drug-likeness (QED) is 0.494. The highest BCUT2D eigenvalue weighted by atomic mass is 16.6. The number of nitrogens with zero attached hydrogens (tertiary/aromatic N) is 1. The first kappa shape index (κ1) is 30.4. The highest BCUT2D eigenvalue weighted by Crippen LogP contribution is 2.41. The smallest absolute Gasteiger partial charge is 0.309 e. The molecule has 0 aromatic carbocycles. The highest BCUT2D eigenvalue weighted by molar-refractivity contribution is 5.72. The van der Waals surface area contributed by atoms with Crippen LogP contribution in [0, 0.1) is 17.8 Å².